The van der Waals surface area contributed by atoms with Crippen LogP contribution in [0.4, 0.5) is 0 Å². The average Bonchev–Trinajstić information content (AvgIpc) is 1.72. The van der Waals surface area contributed by atoms with Crippen LogP contribution >= 0.6 is 21.3 Å². The van der Waals surface area contributed by atoms with Crippen LogP contribution in [-0.4, -0.2) is 6.21 Å². The topological polar surface area (TPSA) is 24.7 Å². The molecule has 0 saturated carbocycles. The van der Waals surface area contributed by atoms with E-state index in [4.69, 9.17) is 0 Å². The van der Waals surface area contributed by atoms with Crippen molar-refractivity contribution in [2.75, 3.05) is 0 Å². The van der Waals surface area contributed by atoms with Gasteiger partial charge in [0.15, 0.2) is 0 Å². The van der Waals surface area contributed by atoms with Gasteiger partial charge in [-0.2, -0.15) is 0 Å². The van der Waals surface area contributed by atoms with Crippen LogP contribution in [0, 0.1) is 0 Å². The highest BCUT2D eigenvalue weighted by Gasteiger charge is 1.68. The SMILES string of the molecule is C1=CN=IN=C1. The minimum Gasteiger partial charge on any atom is -0.212 e. The fraction of sp³-hybridized carbons (Fsp3) is 0. The van der Waals surface area contributed by atoms with E-state index in [9.17, 15) is 0 Å². The second kappa shape index (κ2) is 2.17. The first kappa shape index (κ1) is 4.11. The smallest absolute Gasteiger partial charge is 0.142 e. The molecule has 3 heteroatoms. The van der Waals surface area contributed by atoms with Crippen LogP contribution in [0.5, 0.6) is 0 Å². The molecule has 0 bridgehead atoms. The zero-order valence-corrected chi connectivity index (χ0v) is 5.16. The van der Waals surface area contributed by atoms with E-state index in [0.717, 1.165) is 0 Å². The van der Waals surface area contributed by atoms with Gasteiger partial charge in [-0.1, -0.05) is 0 Å². The standard InChI is InChI=1S/C3H3IN2/c1-2-5-4-6-3-1/h1-3H. The third kappa shape index (κ3) is 0.965. The van der Waals surface area contributed by atoms with Gasteiger partial charge in [0.2, 0.25) is 0 Å². The van der Waals surface area contributed by atoms with Gasteiger partial charge in [-0.3, -0.25) is 0 Å². The lowest BCUT2D eigenvalue weighted by Gasteiger charge is -1.75. The Hall–Kier alpha value is -0.0600. The van der Waals surface area contributed by atoms with E-state index in [1.807, 2.05) is 6.08 Å². The van der Waals surface area contributed by atoms with E-state index in [0.29, 0.717) is 0 Å². The van der Waals surface area contributed by atoms with Crippen LogP contribution < -0.4 is 0 Å². The molecule has 0 spiro atoms. The Morgan fingerprint density at radius 1 is 1.50 bits per heavy atom. The molecule has 0 atom stereocenters. The molecule has 6 heavy (non-hydrogen) atoms. The van der Waals surface area contributed by atoms with E-state index in [1.54, 1.807) is 12.4 Å². The highest BCUT2D eigenvalue weighted by atomic mass is 127. The second-order valence-corrected chi connectivity index (χ2v) is 2.31. The lowest BCUT2D eigenvalue weighted by molar-refractivity contribution is 1.69. The lowest BCUT2D eigenvalue weighted by atomic mass is 10.7. The fourth-order valence-electron chi connectivity index (χ4n) is 0.179. The van der Waals surface area contributed by atoms with E-state index in [1.165, 1.54) is 0 Å². The third-order valence-electron chi connectivity index (χ3n) is 0.372. The monoisotopic (exact) mass is 194 g/mol. The predicted octanol–water partition coefficient (Wildman–Crippen LogP) is 1.65. The summed E-state index contributed by atoms with van der Waals surface area (Å²) >= 11 is -0.178. The molecular formula is C3H3IN2. The van der Waals surface area contributed by atoms with Crippen molar-refractivity contribution in [3.63, 3.8) is 0 Å². The Bertz CT molecular complexity index is 78.2. The van der Waals surface area contributed by atoms with Crippen molar-refractivity contribution in [2.45, 2.75) is 0 Å². The second-order valence-electron chi connectivity index (χ2n) is 0.761. The van der Waals surface area contributed by atoms with Crippen molar-refractivity contribution < 1.29 is 0 Å². The van der Waals surface area contributed by atoms with Crippen molar-refractivity contribution in [1.29, 1.82) is 0 Å². The van der Waals surface area contributed by atoms with Gasteiger partial charge in [0, 0.05) is 12.4 Å². The first-order valence-corrected chi connectivity index (χ1v) is 3.45. The molecule has 0 aromatic heterocycles. The Morgan fingerprint density at radius 2 is 2.50 bits per heavy atom. The molecule has 0 aromatic carbocycles. The molecule has 0 N–H and O–H groups in total. The van der Waals surface area contributed by atoms with Crippen LogP contribution in [-0.2, 0) is 0 Å². The summed E-state index contributed by atoms with van der Waals surface area (Å²) in [5.74, 6) is 0. The van der Waals surface area contributed by atoms with Crippen LogP contribution in [0.3, 0.4) is 0 Å². The molecule has 32 valence electrons. The largest absolute Gasteiger partial charge is 0.212 e. The van der Waals surface area contributed by atoms with E-state index < -0.39 is 0 Å². The molecule has 1 heterocycles. The van der Waals surface area contributed by atoms with Gasteiger partial charge in [0.25, 0.3) is 0 Å². The summed E-state index contributed by atoms with van der Waals surface area (Å²) in [7, 11) is 0. The summed E-state index contributed by atoms with van der Waals surface area (Å²) < 4.78 is 7.82. The summed E-state index contributed by atoms with van der Waals surface area (Å²) in [6, 6.07) is 0. The van der Waals surface area contributed by atoms with Gasteiger partial charge in [-0.25, -0.2) is 6.35 Å². The Labute approximate surface area is 46.5 Å². The quantitative estimate of drug-likeness (QED) is 0.523. The van der Waals surface area contributed by atoms with Crippen LogP contribution in [0.2, 0.25) is 0 Å². The van der Waals surface area contributed by atoms with Gasteiger partial charge < -0.3 is 0 Å². The van der Waals surface area contributed by atoms with Gasteiger partial charge in [-0.05, 0) is 6.08 Å². The molecule has 2 nitrogen and oxygen atoms in total. The molecule has 1 rings (SSSR count). The number of rotatable bonds is 0. The maximum atomic E-state index is 3.91. The molecule has 1 aliphatic rings. The summed E-state index contributed by atoms with van der Waals surface area (Å²) in [6.45, 7) is 0. The zero-order chi connectivity index (χ0) is 4.24. The Kier molecular flexibility index (Phi) is 1.49. The van der Waals surface area contributed by atoms with Gasteiger partial charge in [0.1, 0.15) is 21.3 Å². The van der Waals surface area contributed by atoms with Crippen molar-refractivity contribution in [2.24, 2.45) is 6.35 Å². The fourth-order valence-corrected chi connectivity index (χ4v) is 0.982. The summed E-state index contributed by atoms with van der Waals surface area (Å²) in [5, 5.41) is 0. The predicted molar refractivity (Wildman–Crippen MR) is 34.1 cm³/mol. The summed E-state index contributed by atoms with van der Waals surface area (Å²) in [5.41, 5.74) is 0. The van der Waals surface area contributed by atoms with Crippen molar-refractivity contribution in [1.82, 2.24) is 0 Å². The van der Waals surface area contributed by atoms with Crippen LogP contribution in [0.15, 0.2) is 18.6 Å². The molecule has 0 saturated heterocycles. The third-order valence-corrected chi connectivity index (χ3v) is 1.51. The molecule has 0 aliphatic carbocycles. The van der Waals surface area contributed by atoms with E-state index >= 15 is 0 Å². The maximum Gasteiger partial charge on any atom is 0.142 e. The minimum atomic E-state index is -0.178. The highest BCUT2D eigenvalue weighted by molar-refractivity contribution is 14.1. The molecule has 0 unspecified atom stereocenters. The van der Waals surface area contributed by atoms with Crippen molar-refractivity contribution >= 4 is 27.5 Å². The number of halogens is 1. The molecular weight excluding hydrogens is 191 g/mol. The molecule has 0 radical (unpaired) electrons. The molecule has 0 amide bonds. The van der Waals surface area contributed by atoms with Crippen molar-refractivity contribution in [3.05, 3.63) is 12.3 Å². The molecule has 0 aromatic rings. The first-order chi connectivity index (χ1) is 3.00. The molecule has 0 fully saturated rings. The van der Waals surface area contributed by atoms with E-state index in [-0.39, 0.29) is 21.3 Å². The highest BCUT2D eigenvalue weighted by Crippen LogP contribution is 2.03. The number of nitrogens with zero attached hydrogens (tertiary/aromatic N) is 2. The number of allylic oxidation sites excluding steroid dienone is 1. The zero-order valence-electron chi connectivity index (χ0n) is 3.00. The summed E-state index contributed by atoms with van der Waals surface area (Å²) in [4.78, 5) is 0. The maximum absolute atomic E-state index is 3.91. The summed E-state index contributed by atoms with van der Waals surface area (Å²) in [6.07, 6.45) is 5.42. The lowest BCUT2D eigenvalue weighted by Crippen LogP contribution is -1.57. The van der Waals surface area contributed by atoms with Crippen LogP contribution in [0.25, 0.3) is 0 Å². The Morgan fingerprint density at radius 3 is 2.67 bits per heavy atom. The molecule has 1 aliphatic heterocycles. The number of hydrogen-bond donors (Lipinski definition) is 0. The van der Waals surface area contributed by atoms with Gasteiger partial charge in [0.05, 0.1) is 0 Å². The first-order valence-electron chi connectivity index (χ1n) is 1.52. The number of hydrogen-bond acceptors (Lipinski definition) is 2. The van der Waals surface area contributed by atoms with Crippen molar-refractivity contribution in [3.8, 4) is 0 Å². The van der Waals surface area contributed by atoms with Gasteiger partial charge in [-0.15, -0.1) is 0 Å². The normalized spacial score (nSPS) is 17.3. The van der Waals surface area contributed by atoms with Crippen LogP contribution in [0.1, 0.15) is 0 Å². The Balaban J connectivity index is 2.77. The minimum absolute atomic E-state index is 0.178. The van der Waals surface area contributed by atoms with Gasteiger partial charge >= 0.3 is 0 Å². The average molecular weight is 194 g/mol. The van der Waals surface area contributed by atoms with E-state index in [2.05, 4.69) is 6.35 Å².